The van der Waals surface area contributed by atoms with Crippen LogP contribution < -0.4 is 0 Å². The van der Waals surface area contributed by atoms with Crippen LogP contribution in [0.5, 0.6) is 0 Å². The Hall–Kier alpha value is -1.12. The monoisotopic (exact) mass is 163 g/mol. The topological polar surface area (TPSA) is 30.2 Å². The number of rotatable bonds is 0. The van der Waals surface area contributed by atoms with Crippen LogP contribution >= 0.6 is 0 Å². The van der Waals surface area contributed by atoms with Gasteiger partial charge < -0.3 is 0 Å². The second-order valence-electron chi connectivity index (χ2n) is 3.36. The molecule has 1 unspecified atom stereocenters. The molecule has 3 heteroatoms. The molecule has 0 fully saturated rings. The van der Waals surface area contributed by atoms with E-state index in [1.807, 2.05) is 18.5 Å². The summed E-state index contributed by atoms with van der Waals surface area (Å²) < 4.78 is 1.95. The van der Waals surface area contributed by atoms with E-state index in [1.165, 1.54) is 11.3 Å². The van der Waals surface area contributed by atoms with Crippen LogP contribution in [0.15, 0.2) is 4.99 Å². The zero-order valence-electron chi connectivity index (χ0n) is 7.92. The van der Waals surface area contributed by atoms with Gasteiger partial charge in [0.05, 0.1) is 17.4 Å². The van der Waals surface area contributed by atoms with Crippen LogP contribution in [0.2, 0.25) is 0 Å². The molecule has 64 valence electrons. The van der Waals surface area contributed by atoms with Gasteiger partial charge in [-0.2, -0.15) is 5.10 Å². The van der Waals surface area contributed by atoms with Gasteiger partial charge in [-0.3, -0.25) is 4.99 Å². The lowest BCUT2D eigenvalue weighted by Gasteiger charge is -1.98. The lowest BCUT2D eigenvalue weighted by atomic mass is 10.1. The Morgan fingerprint density at radius 2 is 1.92 bits per heavy atom. The number of hydrogen-bond acceptors (Lipinski definition) is 2. The Balaban J connectivity index is 2.68. The van der Waals surface area contributed by atoms with Crippen molar-refractivity contribution in [1.82, 2.24) is 9.78 Å². The maximum Gasteiger partial charge on any atom is 0.122 e. The Kier molecular flexibility index (Phi) is 1.37. The zero-order valence-corrected chi connectivity index (χ0v) is 7.92. The summed E-state index contributed by atoms with van der Waals surface area (Å²) in [5.41, 5.74) is 3.65. The normalized spacial score (nSPS) is 21.0. The summed E-state index contributed by atoms with van der Waals surface area (Å²) in [7, 11) is 0. The van der Waals surface area contributed by atoms with Crippen LogP contribution in [0.25, 0.3) is 0 Å². The minimum Gasteiger partial charge on any atom is -0.261 e. The predicted octanol–water partition coefficient (Wildman–Crippen LogP) is 1.84. The van der Waals surface area contributed by atoms with E-state index in [0.29, 0.717) is 0 Å². The molecule has 0 aliphatic carbocycles. The fourth-order valence-electron chi connectivity index (χ4n) is 1.76. The number of fused-ring (bicyclic) bond motifs is 1. The Morgan fingerprint density at radius 3 is 2.50 bits per heavy atom. The quantitative estimate of drug-likeness (QED) is 0.574. The van der Waals surface area contributed by atoms with Gasteiger partial charge in [0.1, 0.15) is 5.84 Å². The van der Waals surface area contributed by atoms with Gasteiger partial charge in [-0.05, 0) is 33.3 Å². The summed E-state index contributed by atoms with van der Waals surface area (Å²) in [6.45, 7) is 8.26. The van der Waals surface area contributed by atoms with Crippen molar-refractivity contribution in [3.05, 3.63) is 17.0 Å². The van der Waals surface area contributed by atoms with Gasteiger partial charge in [-0.25, -0.2) is 4.68 Å². The summed E-state index contributed by atoms with van der Waals surface area (Å²) >= 11 is 0. The lowest BCUT2D eigenvalue weighted by Crippen LogP contribution is -2.06. The average Bonchev–Trinajstić information content (AvgIpc) is 2.41. The fourth-order valence-corrected chi connectivity index (χ4v) is 1.76. The summed E-state index contributed by atoms with van der Waals surface area (Å²) in [4.78, 5) is 4.44. The van der Waals surface area contributed by atoms with Gasteiger partial charge in [0.25, 0.3) is 0 Å². The van der Waals surface area contributed by atoms with Crippen molar-refractivity contribution in [3.63, 3.8) is 0 Å². The Morgan fingerprint density at radius 1 is 1.25 bits per heavy atom. The summed E-state index contributed by atoms with van der Waals surface area (Å²) in [5, 5.41) is 4.41. The van der Waals surface area contributed by atoms with Crippen molar-refractivity contribution in [2.24, 2.45) is 4.99 Å². The molecular formula is C9H13N3. The summed E-state index contributed by atoms with van der Waals surface area (Å²) in [5.74, 6) is 1.01. The molecule has 2 heterocycles. The third-order valence-corrected chi connectivity index (χ3v) is 2.49. The van der Waals surface area contributed by atoms with E-state index in [4.69, 9.17) is 0 Å². The Labute approximate surface area is 72.1 Å². The highest BCUT2D eigenvalue weighted by Gasteiger charge is 2.23. The zero-order chi connectivity index (χ0) is 8.88. The second-order valence-corrected chi connectivity index (χ2v) is 3.36. The standard InChI is InChI=1S/C9H13N3/c1-5-6(2)11-12-8(4)10-7(3)9(5)12/h7H,1-4H3. The van der Waals surface area contributed by atoms with Crippen molar-refractivity contribution in [1.29, 1.82) is 0 Å². The van der Waals surface area contributed by atoms with Gasteiger partial charge >= 0.3 is 0 Å². The third kappa shape index (κ3) is 0.763. The number of hydrogen-bond donors (Lipinski definition) is 0. The minimum atomic E-state index is 0.284. The lowest BCUT2D eigenvalue weighted by molar-refractivity contribution is 0.790. The summed E-state index contributed by atoms with van der Waals surface area (Å²) in [6.07, 6.45) is 0. The fraction of sp³-hybridized carbons (Fsp3) is 0.556. The maximum absolute atomic E-state index is 4.44. The highest BCUT2D eigenvalue weighted by Crippen LogP contribution is 2.27. The smallest absolute Gasteiger partial charge is 0.122 e. The molecule has 0 amide bonds. The van der Waals surface area contributed by atoms with E-state index in [-0.39, 0.29) is 6.04 Å². The number of aryl methyl sites for hydroxylation is 1. The molecule has 1 aromatic heterocycles. The highest BCUT2D eigenvalue weighted by atomic mass is 15.4. The molecule has 0 N–H and O–H groups in total. The van der Waals surface area contributed by atoms with E-state index >= 15 is 0 Å². The van der Waals surface area contributed by atoms with Crippen molar-refractivity contribution < 1.29 is 0 Å². The second kappa shape index (κ2) is 2.19. The van der Waals surface area contributed by atoms with Crippen molar-refractivity contribution in [3.8, 4) is 0 Å². The largest absolute Gasteiger partial charge is 0.261 e. The van der Waals surface area contributed by atoms with Crippen LogP contribution in [-0.2, 0) is 0 Å². The van der Waals surface area contributed by atoms with Crippen molar-refractivity contribution in [2.75, 3.05) is 0 Å². The first-order valence-corrected chi connectivity index (χ1v) is 4.22. The average molecular weight is 163 g/mol. The van der Waals surface area contributed by atoms with Crippen molar-refractivity contribution in [2.45, 2.75) is 33.7 Å². The first-order chi connectivity index (χ1) is 5.61. The Bertz CT molecular complexity index is 360. The molecule has 0 saturated carbocycles. The summed E-state index contributed by atoms with van der Waals surface area (Å²) in [6, 6.07) is 0.284. The van der Waals surface area contributed by atoms with E-state index in [0.717, 1.165) is 11.5 Å². The number of aromatic nitrogens is 2. The van der Waals surface area contributed by atoms with Crippen LogP contribution in [0.1, 0.15) is 36.8 Å². The molecule has 0 aromatic carbocycles. The van der Waals surface area contributed by atoms with Gasteiger partial charge in [0.15, 0.2) is 0 Å². The van der Waals surface area contributed by atoms with E-state index in [1.54, 1.807) is 0 Å². The first-order valence-electron chi connectivity index (χ1n) is 4.22. The van der Waals surface area contributed by atoms with E-state index in [2.05, 4.69) is 23.9 Å². The maximum atomic E-state index is 4.44. The van der Waals surface area contributed by atoms with E-state index in [9.17, 15) is 0 Å². The molecule has 2 rings (SSSR count). The minimum absolute atomic E-state index is 0.284. The van der Waals surface area contributed by atoms with Crippen LogP contribution in [0.4, 0.5) is 0 Å². The molecule has 1 aromatic rings. The molecular weight excluding hydrogens is 150 g/mol. The van der Waals surface area contributed by atoms with Crippen LogP contribution in [0, 0.1) is 13.8 Å². The molecule has 1 aliphatic heterocycles. The number of aliphatic imine (C=N–C) groups is 1. The van der Waals surface area contributed by atoms with Crippen LogP contribution in [0.3, 0.4) is 0 Å². The molecule has 0 saturated heterocycles. The SMILES string of the molecule is CC1=NC(C)c2c(C)c(C)nn21. The van der Waals surface area contributed by atoms with Crippen LogP contribution in [-0.4, -0.2) is 15.6 Å². The van der Waals surface area contributed by atoms with E-state index < -0.39 is 0 Å². The molecule has 1 atom stereocenters. The van der Waals surface area contributed by atoms with Gasteiger partial charge in [0, 0.05) is 0 Å². The third-order valence-electron chi connectivity index (χ3n) is 2.49. The molecule has 12 heavy (non-hydrogen) atoms. The molecule has 0 spiro atoms. The molecule has 3 nitrogen and oxygen atoms in total. The number of nitrogens with zero attached hydrogens (tertiary/aromatic N) is 3. The van der Waals surface area contributed by atoms with Gasteiger partial charge in [-0.15, -0.1) is 0 Å². The van der Waals surface area contributed by atoms with Crippen molar-refractivity contribution >= 4 is 5.84 Å². The molecule has 1 aliphatic rings. The van der Waals surface area contributed by atoms with Gasteiger partial charge in [-0.1, -0.05) is 0 Å². The van der Waals surface area contributed by atoms with Gasteiger partial charge in [0.2, 0.25) is 0 Å². The molecule has 0 bridgehead atoms. The highest BCUT2D eigenvalue weighted by molar-refractivity contribution is 5.84. The first kappa shape index (κ1) is 7.53. The predicted molar refractivity (Wildman–Crippen MR) is 48.6 cm³/mol. The molecule has 0 radical (unpaired) electrons.